The third kappa shape index (κ3) is 6.33. The molecule has 3 aromatic heterocycles. The highest BCUT2D eigenvalue weighted by molar-refractivity contribution is 7.98. The molecule has 1 atom stereocenters. The highest BCUT2D eigenvalue weighted by atomic mass is 35.5. The number of amides is 1. The smallest absolute Gasteiger partial charge is 0.271 e. The summed E-state index contributed by atoms with van der Waals surface area (Å²) < 4.78 is 7.58. The monoisotopic (exact) mass is 611 g/mol. The molecule has 3 aromatic carbocycles. The molecule has 6 rings (SSSR count). The molecule has 0 bridgehead atoms. The molecule has 0 aliphatic heterocycles. The van der Waals surface area contributed by atoms with E-state index in [9.17, 15) is 4.79 Å². The van der Waals surface area contributed by atoms with Crippen molar-refractivity contribution in [3.05, 3.63) is 135 Å². The molecule has 1 unspecified atom stereocenters. The molecule has 6 aromatic rings. The highest BCUT2D eigenvalue weighted by Crippen LogP contribution is 2.33. The van der Waals surface area contributed by atoms with Crippen molar-refractivity contribution in [3.63, 3.8) is 0 Å². The molecular formula is C32H26ClN5O2S2. The van der Waals surface area contributed by atoms with Crippen LogP contribution in [0, 0.1) is 6.92 Å². The maximum absolute atomic E-state index is 13.3. The minimum atomic E-state index is -0.204. The number of rotatable bonds is 10. The third-order valence-corrected chi connectivity index (χ3v) is 8.89. The van der Waals surface area contributed by atoms with E-state index in [-0.39, 0.29) is 11.9 Å². The fourth-order valence-corrected chi connectivity index (χ4v) is 6.50. The largest absolute Gasteiger partial charge is 0.461 e. The molecule has 42 heavy (non-hydrogen) atoms. The summed E-state index contributed by atoms with van der Waals surface area (Å²) in [6.45, 7) is 2.01. The molecule has 0 aliphatic rings. The summed E-state index contributed by atoms with van der Waals surface area (Å²) in [5, 5.41) is 16.0. The van der Waals surface area contributed by atoms with Gasteiger partial charge in [0.1, 0.15) is 10.7 Å². The molecule has 1 N–H and O–H groups in total. The van der Waals surface area contributed by atoms with Crippen LogP contribution in [-0.4, -0.2) is 25.7 Å². The van der Waals surface area contributed by atoms with Gasteiger partial charge in [0.2, 0.25) is 5.82 Å². The number of carbonyl (C=O) groups is 1. The van der Waals surface area contributed by atoms with Crippen molar-refractivity contribution < 1.29 is 9.21 Å². The molecule has 0 saturated carbocycles. The van der Waals surface area contributed by atoms with E-state index in [0.29, 0.717) is 39.6 Å². The first-order valence-electron chi connectivity index (χ1n) is 13.3. The Morgan fingerprint density at radius 2 is 1.81 bits per heavy atom. The van der Waals surface area contributed by atoms with Crippen LogP contribution in [0.3, 0.4) is 0 Å². The van der Waals surface area contributed by atoms with Crippen LogP contribution in [0.4, 0.5) is 0 Å². The number of nitrogens with one attached hydrogen (secondary N) is 1. The van der Waals surface area contributed by atoms with Crippen LogP contribution in [0.15, 0.2) is 112 Å². The van der Waals surface area contributed by atoms with Crippen molar-refractivity contribution in [3.8, 4) is 17.3 Å². The third-order valence-electron chi connectivity index (χ3n) is 6.69. The van der Waals surface area contributed by atoms with E-state index in [1.165, 1.54) is 23.1 Å². The maximum Gasteiger partial charge on any atom is 0.271 e. The van der Waals surface area contributed by atoms with Gasteiger partial charge in [0, 0.05) is 10.4 Å². The standard InChI is InChI=1S/C32H26ClN5O2S2/c1-21-14-15-24(33)18-27(21)38-30(28-13-8-16-40-28)36-37-32(38)42-20-29-34-26(19-41-29)31(39)35-25(23-11-6-3-7-12-23)17-22-9-4-2-5-10-22/h2-16,18-19,25H,17,20H2,1H3,(H,35,39). The molecular weight excluding hydrogens is 586 g/mol. The minimum Gasteiger partial charge on any atom is -0.461 e. The molecule has 210 valence electrons. The number of nitrogens with zero attached hydrogens (tertiary/aromatic N) is 4. The summed E-state index contributed by atoms with van der Waals surface area (Å²) >= 11 is 9.29. The number of hydrogen-bond acceptors (Lipinski definition) is 7. The van der Waals surface area contributed by atoms with E-state index in [2.05, 4.69) is 32.6 Å². The summed E-state index contributed by atoms with van der Waals surface area (Å²) in [6, 6.07) is 29.4. The minimum absolute atomic E-state index is 0.180. The Morgan fingerprint density at radius 3 is 2.57 bits per heavy atom. The fourth-order valence-electron chi connectivity index (χ4n) is 4.60. The fraction of sp³-hybridized carbons (Fsp3) is 0.125. The Hall–Kier alpha value is -4.18. The lowest BCUT2D eigenvalue weighted by Crippen LogP contribution is -2.30. The van der Waals surface area contributed by atoms with Crippen LogP contribution in [0.25, 0.3) is 17.3 Å². The summed E-state index contributed by atoms with van der Waals surface area (Å²) in [5.74, 6) is 1.49. The van der Waals surface area contributed by atoms with Crippen LogP contribution in [-0.2, 0) is 12.2 Å². The lowest BCUT2D eigenvalue weighted by atomic mass is 9.99. The quantitative estimate of drug-likeness (QED) is 0.158. The van der Waals surface area contributed by atoms with Gasteiger partial charge >= 0.3 is 0 Å². The molecule has 3 heterocycles. The van der Waals surface area contributed by atoms with Crippen molar-refractivity contribution in [1.82, 2.24) is 25.1 Å². The van der Waals surface area contributed by atoms with Gasteiger partial charge in [-0.3, -0.25) is 9.36 Å². The normalized spacial score (nSPS) is 11.9. The Bertz CT molecular complexity index is 1790. The Labute approximate surface area is 256 Å². The second kappa shape index (κ2) is 12.8. The summed E-state index contributed by atoms with van der Waals surface area (Å²) in [6.07, 6.45) is 2.29. The zero-order valence-electron chi connectivity index (χ0n) is 22.6. The van der Waals surface area contributed by atoms with Gasteiger partial charge in [0.25, 0.3) is 5.91 Å². The molecule has 0 radical (unpaired) electrons. The number of carbonyl (C=O) groups excluding carboxylic acids is 1. The number of thioether (sulfide) groups is 1. The summed E-state index contributed by atoms with van der Waals surface area (Å²) in [4.78, 5) is 18.0. The maximum atomic E-state index is 13.3. The highest BCUT2D eigenvalue weighted by Gasteiger charge is 2.22. The number of thiazole rings is 1. The van der Waals surface area contributed by atoms with E-state index in [1.807, 2.05) is 90.4 Å². The van der Waals surface area contributed by atoms with Crippen LogP contribution in [0.5, 0.6) is 0 Å². The lowest BCUT2D eigenvalue weighted by Gasteiger charge is -2.19. The van der Waals surface area contributed by atoms with Gasteiger partial charge in [-0.2, -0.15) is 0 Å². The van der Waals surface area contributed by atoms with Gasteiger partial charge in [-0.25, -0.2) is 4.98 Å². The van der Waals surface area contributed by atoms with Crippen molar-refractivity contribution in [2.24, 2.45) is 0 Å². The van der Waals surface area contributed by atoms with E-state index in [0.717, 1.165) is 27.4 Å². The van der Waals surface area contributed by atoms with E-state index in [4.69, 9.17) is 16.0 Å². The van der Waals surface area contributed by atoms with Gasteiger partial charge in [0.05, 0.1) is 23.7 Å². The Morgan fingerprint density at radius 1 is 1.02 bits per heavy atom. The first-order chi connectivity index (χ1) is 20.5. The van der Waals surface area contributed by atoms with Crippen molar-refractivity contribution in [2.45, 2.75) is 30.3 Å². The first kappa shape index (κ1) is 28.0. The zero-order valence-corrected chi connectivity index (χ0v) is 25.0. The van der Waals surface area contributed by atoms with Crippen molar-refractivity contribution in [2.75, 3.05) is 0 Å². The van der Waals surface area contributed by atoms with Crippen molar-refractivity contribution >= 4 is 40.6 Å². The number of furan rings is 1. The van der Waals surface area contributed by atoms with E-state index >= 15 is 0 Å². The van der Waals surface area contributed by atoms with E-state index < -0.39 is 0 Å². The van der Waals surface area contributed by atoms with Crippen LogP contribution >= 0.6 is 34.7 Å². The molecule has 0 fully saturated rings. The van der Waals surface area contributed by atoms with Crippen molar-refractivity contribution in [1.29, 1.82) is 0 Å². The van der Waals surface area contributed by atoms with Gasteiger partial charge in [-0.15, -0.1) is 21.5 Å². The molecule has 0 saturated heterocycles. The lowest BCUT2D eigenvalue weighted by molar-refractivity contribution is 0.0932. The Kier molecular flexibility index (Phi) is 8.50. The summed E-state index contributed by atoms with van der Waals surface area (Å²) in [5.41, 5.74) is 4.48. The van der Waals surface area contributed by atoms with Gasteiger partial charge < -0.3 is 9.73 Å². The SMILES string of the molecule is Cc1ccc(Cl)cc1-n1c(SCc2nc(C(=O)NC(Cc3ccccc3)c3ccccc3)cs2)nnc1-c1ccco1. The molecule has 1 amide bonds. The van der Waals surface area contributed by atoms with Crippen LogP contribution < -0.4 is 5.32 Å². The van der Waals surface area contributed by atoms with Gasteiger partial charge in [0.15, 0.2) is 10.9 Å². The number of aryl methyl sites for hydroxylation is 1. The second-order valence-electron chi connectivity index (χ2n) is 9.59. The number of halogens is 1. The van der Waals surface area contributed by atoms with E-state index in [1.54, 1.807) is 11.6 Å². The van der Waals surface area contributed by atoms with Gasteiger partial charge in [-0.05, 0) is 54.3 Å². The van der Waals surface area contributed by atoms with Crippen LogP contribution in [0.1, 0.15) is 38.2 Å². The number of benzene rings is 3. The molecule has 7 nitrogen and oxygen atoms in total. The number of aromatic nitrogens is 4. The topological polar surface area (TPSA) is 85.8 Å². The Balaban J connectivity index is 1.20. The molecule has 0 aliphatic carbocycles. The average molecular weight is 612 g/mol. The molecule has 10 heteroatoms. The number of hydrogen-bond donors (Lipinski definition) is 1. The van der Waals surface area contributed by atoms with Crippen LogP contribution in [0.2, 0.25) is 5.02 Å². The predicted octanol–water partition coefficient (Wildman–Crippen LogP) is 7.95. The predicted molar refractivity (Wildman–Crippen MR) is 167 cm³/mol. The first-order valence-corrected chi connectivity index (χ1v) is 15.5. The second-order valence-corrected chi connectivity index (χ2v) is 11.9. The van der Waals surface area contributed by atoms with Gasteiger partial charge in [-0.1, -0.05) is 90.1 Å². The zero-order chi connectivity index (χ0) is 28.9. The summed E-state index contributed by atoms with van der Waals surface area (Å²) in [7, 11) is 0. The average Bonchev–Trinajstić information content (AvgIpc) is 3.79. The molecule has 0 spiro atoms.